The number of hydrogen-bond donors (Lipinski definition) is 2. The lowest BCUT2D eigenvalue weighted by Gasteiger charge is -2.24. The molecule has 2 aliphatic rings. The Morgan fingerprint density at radius 2 is 2.39 bits per heavy atom. The number of fused-ring (bicyclic) bond motifs is 1. The lowest BCUT2D eigenvalue weighted by Crippen LogP contribution is -2.42. The van der Waals surface area contributed by atoms with Gasteiger partial charge in [0.2, 0.25) is 0 Å². The summed E-state index contributed by atoms with van der Waals surface area (Å²) in [7, 11) is 0. The second-order valence-electron chi connectivity index (χ2n) is 5.34. The maximum Gasteiger partial charge on any atom is 0.123 e. The zero-order valence-corrected chi connectivity index (χ0v) is 10.3. The van der Waals surface area contributed by atoms with Crippen LogP contribution in [0.1, 0.15) is 30.0 Å². The van der Waals surface area contributed by atoms with Crippen molar-refractivity contribution in [1.82, 2.24) is 5.32 Å². The van der Waals surface area contributed by atoms with Gasteiger partial charge in [0.1, 0.15) is 11.4 Å². The molecule has 0 saturated carbocycles. The maximum atomic E-state index is 13.1. The Bertz CT molecular complexity index is 443. The molecule has 4 heteroatoms. The third kappa shape index (κ3) is 2.28. The molecule has 0 spiro atoms. The van der Waals surface area contributed by atoms with E-state index in [1.165, 1.54) is 11.6 Å². The van der Waals surface area contributed by atoms with Gasteiger partial charge >= 0.3 is 0 Å². The minimum absolute atomic E-state index is 0.169. The van der Waals surface area contributed by atoms with Crippen LogP contribution in [-0.4, -0.2) is 30.5 Å². The number of aliphatic hydroxyl groups is 1. The summed E-state index contributed by atoms with van der Waals surface area (Å²) in [6.07, 6.45) is 2.55. The van der Waals surface area contributed by atoms with E-state index in [2.05, 4.69) is 5.32 Å². The second kappa shape index (κ2) is 4.61. The summed E-state index contributed by atoms with van der Waals surface area (Å²) in [5, 5.41) is 13.6. The number of rotatable bonds is 3. The molecule has 2 N–H and O–H groups in total. The lowest BCUT2D eigenvalue weighted by atomic mass is 10.0. The zero-order valence-electron chi connectivity index (χ0n) is 10.3. The second-order valence-corrected chi connectivity index (χ2v) is 5.34. The van der Waals surface area contributed by atoms with Crippen molar-refractivity contribution in [1.29, 1.82) is 0 Å². The van der Waals surface area contributed by atoms with E-state index in [4.69, 9.17) is 4.74 Å². The average molecular weight is 251 g/mol. The molecule has 98 valence electrons. The van der Waals surface area contributed by atoms with Crippen LogP contribution in [0.3, 0.4) is 0 Å². The van der Waals surface area contributed by atoms with E-state index in [1.807, 2.05) is 6.07 Å². The van der Waals surface area contributed by atoms with Crippen LogP contribution in [0.25, 0.3) is 0 Å². The normalized spacial score (nSPS) is 30.7. The summed E-state index contributed by atoms with van der Waals surface area (Å²) in [4.78, 5) is 0. The van der Waals surface area contributed by atoms with Crippen molar-refractivity contribution in [3.8, 4) is 0 Å². The van der Waals surface area contributed by atoms with Gasteiger partial charge in [0.15, 0.2) is 0 Å². The van der Waals surface area contributed by atoms with Crippen LogP contribution in [0.4, 0.5) is 4.39 Å². The lowest BCUT2D eigenvalue weighted by molar-refractivity contribution is 0.0248. The van der Waals surface area contributed by atoms with Gasteiger partial charge in [-0.2, -0.15) is 0 Å². The van der Waals surface area contributed by atoms with E-state index in [-0.39, 0.29) is 11.9 Å². The van der Waals surface area contributed by atoms with Crippen LogP contribution in [0, 0.1) is 5.82 Å². The first-order valence-corrected chi connectivity index (χ1v) is 6.48. The van der Waals surface area contributed by atoms with E-state index in [9.17, 15) is 9.50 Å². The molecule has 1 aliphatic heterocycles. The summed E-state index contributed by atoms with van der Waals surface area (Å²) >= 11 is 0. The molecule has 3 rings (SSSR count). The van der Waals surface area contributed by atoms with Crippen molar-refractivity contribution in [2.75, 3.05) is 19.8 Å². The number of hydrogen-bond acceptors (Lipinski definition) is 3. The minimum atomic E-state index is -0.733. The largest absolute Gasteiger partial charge is 0.386 e. The van der Waals surface area contributed by atoms with Crippen molar-refractivity contribution in [2.24, 2.45) is 0 Å². The third-order valence-electron chi connectivity index (χ3n) is 3.94. The molecule has 3 nitrogen and oxygen atoms in total. The molecule has 1 heterocycles. The Morgan fingerprint density at radius 1 is 1.50 bits per heavy atom. The van der Waals surface area contributed by atoms with Crippen LogP contribution in [0.5, 0.6) is 0 Å². The van der Waals surface area contributed by atoms with Gasteiger partial charge in [0.05, 0.1) is 6.61 Å². The highest BCUT2D eigenvalue weighted by atomic mass is 19.1. The van der Waals surface area contributed by atoms with Crippen LogP contribution >= 0.6 is 0 Å². The molecule has 1 fully saturated rings. The fourth-order valence-corrected chi connectivity index (χ4v) is 2.85. The Hall–Kier alpha value is -0.970. The Morgan fingerprint density at radius 3 is 3.17 bits per heavy atom. The van der Waals surface area contributed by atoms with Crippen LogP contribution in [0.2, 0.25) is 0 Å². The first-order valence-electron chi connectivity index (χ1n) is 6.48. The molecule has 2 atom stereocenters. The third-order valence-corrected chi connectivity index (χ3v) is 3.94. The van der Waals surface area contributed by atoms with E-state index in [0.717, 1.165) is 18.4 Å². The van der Waals surface area contributed by atoms with Gasteiger partial charge in [-0.3, -0.25) is 0 Å². The van der Waals surface area contributed by atoms with Crippen molar-refractivity contribution < 1.29 is 14.2 Å². The van der Waals surface area contributed by atoms with Crippen molar-refractivity contribution in [2.45, 2.75) is 30.9 Å². The molecule has 1 aliphatic carbocycles. The van der Waals surface area contributed by atoms with Gasteiger partial charge < -0.3 is 15.2 Å². The summed E-state index contributed by atoms with van der Waals surface area (Å²) in [6, 6.07) is 5.20. The highest BCUT2D eigenvalue weighted by Crippen LogP contribution is 2.32. The number of ether oxygens (including phenoxy) is 1. The maximum absolute atomic E-state index is 13.1. The van der Waals surface area contributed by atoms with E-state index in [1.54, 1.807) is 6.07 Å². The fourth-order valence-electron chi connectivity index (χ4n) is 2.85. The summed E-state index contributed by atoms with van der Waals surface area (Å²) in [5.74, 6) is -0.169. The van der Waals surface area contributed by atoms with Crippen LogP contribution < -0.4 is 5.32 Å². The zero-order chi connectivity index (χ0) is 12.6. The molecule has 1 aromatic carbocycles. The summed E-state index contributed by atoms with van der Waals surface area (Å²) in [6.45, 7) is 1.57. The van der Waals surface area contributed by atoms with Gasteiger partial charge in [-0.1, -0.05) is 6.07 Å². The SMILES string of the molecule is OC1(CNC2CCc3cc(F)ccc32)CCOC1. The van der Waals surface area contributed by atoms with Crippen molar-refractivity contribution >= 4 is 0 Å². The van der Waals surface area contributed by atoms with E-state index >= 15 is 0 Å². The van der Waals surface area contributed by atoms with E-state index in [0.29, 0.717) is 26.2 Å². The molecule has 0 amide bonds. The average Bonchev–Trinajstić information content (AvgIpc) is 2.93. The molecule has 0 bridgehead atoms. The predicted molar refractivity (Wildman–Crippen MR) is 65.9 cm³/mol. The quantitative estimate of drug-likeness (QED) is 0.856. The number of nitrogens with one attached hydrogen (secondary N) is 1. The van der Waals surface area contributed by atoms with E-state index < -0.39 is 5.60 Å². The molecule has 0 aromatic heterocycles. The highest BCUT2D eigenvalue weighted by Gasteiger charge is 2.33. The van der Waals surface area contributed by atoms with Crippen molar-refractivity contribution in [3.63, 3.8) is 0 Å². The van der Waals surface area contributed by atoms with Gasteiger partial charge in [-0.15, -0.1) is 0 Å². The fraction of sp³-hybridized carbons (Fsp3) is 0.571. The predicted octanol–water partition coefficient (Wildman–Crippen LogP) is 1.55. The Balaban J connectivity index is 1.66. The van der Waals surface area contributed by atoms with Gasteiger partial charge in [0, 0.05) is 25.6 Å². The van der Waals surface area contributed by atoms with Gasteiger partial charge in [-0.25, -0.2) is 4.39 Å². The molecular formula is C14H18FNO2. The number of benzene rings is 1. The summed E-state index contributed by atoms with van der Waals surface area (Å²) in [5.41, 5.74) is 1.52. The first-order chi connectivity index (χ1) is 8.66. The molecular weight excluding hydrogens is 233 g/mol. The van der Waals surface area contributed by atoms with Gasteiger partial charge in [0.25, 0.3) is 0 Å². The molecule has 1 saturated heterocycles. The van der Waals surface area contributed by atoms with Gasteiger partial charge in [-0.05, 0) is 36.1 Å². The standard InChI is InChI=1S/C14H18FNO2/c15-11-2-3-12-10(7-11)1-4-13(12)16-8-14(17)5-6-18-9-14/h2-3,7,13,16-17H,1,4-6,8-9H2. The summed E-state index contributed by atoms with van der Waals surface area (Å²) < 4.78 is 18.3. The van der Waals surface area contributed by atoms with Crippen LogP contribution in [0.15, 0.2) is 18.2 Å². The number of aryl methyl sites for hydroxylation is 1. The topological polar surface area (TPSA) is 41.5 Å². The monoisotopic (exact) mass is 251 g/mol. The Labute approximate surface area is 106 Å². The highest BCUT2D eigenvalue weighted by molar-refractivity contribution is 5.35. The molecule has 1 aromatic rings. The van der Waals surface area contributed by atoms with Crippen LogP contribution in [-0.2, 0) is 11.2 Å². The van der Waals surface area contributed by atoms with Crippen molar-refractivity contribution in [3.05, 3.63) is 35.1 Å². The number of halogens is 1. The Kier molecular flexibility index (Phi) is 3.09. The molecule has 0 radical (unpaired) electrons. The molecule has 2 unspecified atom stereocenters. The minimum Gasteiger partial charge on any atom is -0.386 e. The first kappa shape index (κ1) is 12.1. The molecule has 18 heavy (non-hydrogen) atoms. The smallest absolute Gasteiger partial charge is 0.123 e.